The molecule has 0 aliphatic carbocycles. The lowest BCUT2D eigenvalue weighted by Crippen LogP contribution is -2.69. The first kappa shape index (κ1) is 38.9. The maximum atomic E-state index is 13.9. The Labute approximate surface area is 308 Å². The minimum Gasteiger partial charge on any atom is -0.454 e. The van der Waals surface area contributed by atoms with Crippen molar-refractivity contribution in [1.82, 2.24) is 0 Å². The van der Waals surface area contributed by atoms with E-state index in [0.717, 1.165) is 40.0 Å². The van der Waals surface area contributed by atoms with E-state index in [2.05, 4.69) is 146 Å². The number of ether oxygens (including phenoxy) is 1. The van der Waals surface area contributed by atoms with Crippen LogP contribution in [0, 0.1) is 5.92 Å². The van der Waals surface area contributed by atoms with Crippen LogP contribution < -0.4 is 20.7 Å². The van der Waals surface area contributed by atoms with E-state index >= 15 is 0 Å². The minimum atomic E-state index is -3.00. The molecule has 2 unspecified atom stereocenters. The number of rotatable bonds is 15. The summed E-state index contributed by atoms with van der Waals surface area (Å²) in [6.07, 6.45) is 3.03. The molecule has 5 nitrogen and oxygen atoms in total. The van der Waals surface area contributed by atoms with Crippen LogP contribution in [0.5, 0.6) is 0 Å². The molecule has 1 N–H and O–H groups in total. The lowest BCUT2D eigenvalue weighted by molar-refractivity contribution is -0.157. The van der Waals surface area contributed by atoms with Crippen molar-refractivity contribution in [3.05, 3.63) is 121 Å². The molecule has 0 radical (unpaired) electrons. The molecule has 0 aromatic heterocycles. The second-order valence-electron chi connectivity index (χ2n) is 16.4. The van der Waals surface area contributed by atoms with Crippen LogP contribution in [-0.4, -0.2) is 52.6 Å². The molecule has 1 aliphatic rings. The zero-order chi connectivity index (χ0) is 36.8. The van der Waals surface area contributed by atoms with Crippen molar-refractivity contribution < 1.29 is 23.5 Å². The number of unbranched alkanes of at least 4 members (excludes halogenated alkanes) is 2. The summed E-state index contributed by atoms with van der Waals surface area (Å²) in [7, 11) is -6.00. The monoisotopic (exact) mass is 722 g/mol. The number of aliphatic hydroxyl groups is 1. The number of carbonyl (C=O) groups is 1. The molecule has 51 heavy (non-hydrogen) atoms. The molecule has 1 heterocycles. The van der Waals surface area contributed by atoms with Crippen molar-refractivity contribution in [3.63, 3.8) is 0 Å². The van der Waals surface area contributed by atoms with Gasteiger partial charge in [-0.3, -0.25) is 4.79 Å². The number of cyclic esters (lactones) is 1. The second kappa shape index (κ2) is 16.1. The van der Waals surface area contributed by atoms with Crippen LogP contribution in [0.25, 0.3) is 0 Å². The largest absolute Gasteiger partial charge is 0.454 e. The van der Waals surface area contributed by atoms with Crippen LogP contribution in [0.3, 0.4) is 0 Å². The van der Waals surface area contributed by atoms with Gasteiger partial charge in [-0.15, -0.1) is 0 Å². The third-order valence-corrected chi connectivity index (χ3v) is 20.7. The minimum absolute atomic E-state index is 0.155. The van der Waals surface area contributed by atoms with Crippen molar-refractivity contribution >= 4 is 43.4 Å². The third kappa shape index (κ3) is 8.03. The fourth-order valence-corrected chi connectivity index (χ4v) is 17.4. The fraction of sp³-hybridized carbons (Fsp3) is 0.432. The fourth-order valence-electron chi connectivity index (χ4n) is 8.13. The van der Waals surface area contributed by atoms with Crippen LogP contribution in [0.4, 0.5) is 0 Å². The van der Waals surface area contributed by atoms with Gasteiger partial charge in [0.25, 0.3) is 16.6 Å². The average molecular weight is 723 g/mol. The molecule has 1 fully saturated rings. The molecule has 0 bridgehead atoms. The molecule has 2 atom stereocenters. The van der Waals surface area contributed by atoms with Gasteiger partial charge in [-0.1, -0.05) is 189 Å². The molecule has 0 spiro atoms. The van der Waals surface area contributed by atoms with Crippen molar-refractivity contribution in [2.24, 2.45) is 5.92 Å². The summed E-state index contributed by atoms with van der Waals surface area (Å²) in [5.41, 5.74) is -1.10. The Bertz CT molecular complexity index is 1480. The zero-order valence-corrected chi connectivity index (χ0v) is 33.7. The Kier molecular flexibility index (Phi) is 12.3. The highest BCUT2D eigenvalue weighted by Gasteiger charge is 2.57. The Morgan fingerprint density at radius 1 is 0.667 bits per heavy atom. The van der Waals surface area contributed by atoms with Gasteiger partial charge in [0.2, 0.25) is 0 Å². The van der Waals surface area contributed by atoms with E-state index in [1.165, 1.54) is 0 Å². The van der Waals surface area contributed by atoms with Gasteiger partial charge in [-0.2, -0.15) is 0 Å². The van der Waals surface area contributed by atoms with Crippen LogP contribution in [-0.2, 0) is 18.4 Å². The zero-order valence-electron chi connectivity index (χ0n) is 31.7. The second-order valence-corrected chi connectivity index (χ2v) is 25.0. The smallest absolute Gasteiger partial charge is 0.312 e. The number of carbonyl (C=O) groups excluding carboxylic acids is 1. The third-order valence-electron chi connectivity index (χ3n) is 10.7. The highest BCUT2D eigenvalue weighted by atomic mass is 28.4. The van der Waals surface area contributed by atoms with Crippen molar-refractivity contribution in [2.75, 3.05) is 13.2 Å². The van der Waals surface area contributed by atoms with Gasteiger partial charge in [0.05, 0.1) is 25.2 Å². The molecule has 4 aromatic rings. The Balaban J connectivity index is 1.62. The van der Waals surface area contributed by atoms with Crippen molar-refractivity contribution in [1.29, 1.82) is 0 Å². The lowest BCUT2D eigenvalue weighted by atomic mass is 9.89. The summed E-state index contributed by atoms with van der Waals surface area (Å²) < 4.78 is 21.6. The summed E-state index contributed by atoms with van der Waals surface area (Å²) in [5, 5.41) is 15.5. The van der Waals surface area contributed by atoms with Crippen LogP contribution in [0.15, 0.2) is 121 Å². The predicted octanol–water partition coefficient (Wildman–Crippen LogP) is 7.38. The Hall–Kier alpha value is -3.34. The molecule has 1 aliphatic heterocycles. The van der Waals surface area contributed by atoms with E-state index < -0.39 is 34.3 Å². The van der Waals surface area contributed by atoms with E-state index in [0.29, 0.717) is 12.8 Å². The number of aliphatic hydroxyl groups excluding tert-OH is 1. The highest BCUT2D eigenvalue weighted by molar-refractivity contribution is 7.00. The first-order valence-corrected chi connectivity index (χ1v) is 22.5. The van der Waals surface area contributed by atoms with Gasteiger partial charge in [-0.05, 0) is 37.2 Å². The molecule has 0 amide bonds. The standard InChI is InChI=1S/C44H58O5Si2/c1-8-9-14-31-40(45)39-32-44(49-41(39)46,33-47-50(42(2,3)4,35-23-15-10-16-24-35)36-25-17-11-18-26-36)34-48-51(43(5,6)7,37-27-19-12-20-28-37)38-29-21-13-22-30-38/h10-13,15-30,39-40,45H,8-9,14,31-34H2,1-7H3. The van der Waals surface area contributed by atoms with Gasteiger partial charge in [0.1, 0.15) is 0 Å². The van der Waals surface area contributed by atoms with E-state index in [9.17, 15) is 9.90 Å². The predicted molar refractivity (Wildman–Crippen MR) is 214 cm³/mol. The van der Waals surface area contributed by atoms with Gasteiger partial charge in [0, 0.05) is 6.42 Å². The molecule has 272 valence electrons. The first-order chi connectivity index (χ1) is 24.3. The highest BCUT2D eigenvalue weighted by Crippen LogP contribution is 2.43. The summed E-state index contributed by atoms with van der Waals surface area (Å²) in [6.45, 7) is 16.0. The van der Waals surface area contributed by atoms with E-state index in [1.807, 2.05) is 24.3 Å². The van der Waals surface area contributed by atoms with Crippen molar-refractivity contribution in [3.8, 4) is 0 Å². The Morgan fingerprint density at radius 3 is 1.33 bits per heavy atom. The topological polar surface area (TPSA) is 65.0 Å². The average Bonchev–Trinajstić information content (AvgIpc) is 3.45. The molecule has 5 rings (SSSR count). The summed E-state index contributed by atoms with van der Waals surface area (Å²) in [4.78, 5) is 13.9. The van der Waals surface area contributed by atoms with E-state index in [4.69, 9.17) is 13.6 Å². The first-order valence-electron chi connectivity index (χ1n) is 18.7. The van der Waals surface area contributed by atoms with Gasteiger partial charge in [0.15, 0.2) is 5.60 Å². The van der Waals surface area contributed by atoms with Crippen molar-refractivity contribution in [2.45, 2.75) is 102 Å². The van der Waals surface area contributed by atoms with Crippen LogP contribution in [0.1, 0.15) is 80.6 Å². The summed E-state index contributed by atoms with van der Waals surface area (Å²) >= 11 is 0. The van der Waals surface area contributed by atoms with E-state index in [1.54, 1.807) is 0 Å². The van der Waals surface area contributed by atoms with Gasteiger partial charge >= 0.3 is 5.97 Å². The van der Waals surface area contributed by atoms with Gasteiger partial charge in [-0.25, -0.2) is 0 Å². The summed E-state index contributed by atoms with van der Waals surface area (Å²) in [6, 6.07) is 42.2. The maximum Gasteiger partial charge on any atom is 0.312 e. The number of benzene rings is 4. The number of esters is 1. The molecule has 4 aromatic carbocycles. The number of hydrogen-bond donors (Lipinski definition) is 1. The van der Waals surface area contributed by atoms with Crippen LogP contribution >= 0.6 is 0 Å². The SMILES string of the molecule is CCCCCC(O)C1CC(CO[Si](c2ccccc2)(c2ccccc2)C(C)(C)C)(CO[Si](c2ccccc2)(c2ccccc2)C(C)(C)C)OC1=O. The number of hydrogen-bond acceptors (Lipinski definition) is 5. The van der Waals surface area contributed by atoms with Crippen LogP contribution in [0.2, 0.25) is 10.1 Å². The molecular formula is C44H58O5Si2. The Morgan fingerprint density at radius 2 is 1.02 bits per heavy atom. The molecular weight excluding hydrogens is 665 g/mol. The quantitative estimate of drug-likeness (QED) is 0.0789. The lowest BCUT2D eigenvalue weighted by Gasteiger charge is -2.47. The van der Waals surface area contributed by atoms with E-state index in [-0.39, 0.29) is 29.3 Å². The molecule has 1 saturated heterocycles. The molecule has 0 saturated carbocycles. The molecule has 7 heteroatoms. The summed E-state index contributed by atoms with van der Waals surface area (Å²) in [5.74, 6) is -1.01. The normalized spacial score (nSPS) is 17.3. The maximum absolute atomic E-state index is 13.9. The van der Waals surface area contributed by atoms with Gasteiger partial charge < -0.3 is 18.7 Å².